The third-order valence-electron chi connectivity index (χ3n) is 4.08. The van der Waals surface area contributed by atoms with Crippen LogP contribution < -0.4 is 24.3 Å². The molecule has 6 nitrogen and oxygen atoms in total. The lowest BCUT2D eigenvalue weighted by Crippen LogP contribution is -2.23. The summed E-state index contributed by atoms with van der Waals surface area (Å²) in [6.45, 7) is 0.342. The molecule has 0 spiro atoms. The van der Waals surface area contributed by atoms with Crippen molar-refractivity contribution in [1.29, 1.82) is 0 Å². The van der Waals surface area contributed by atoms with Crippen LogP contribution in [-0.2, 0) is 17.8 Å². The molecule has 0 radical (unpaired) electrons. The second kappa shape index (κ2) is 9.56. The second-order valence-corrected chi connectivity index (χ2v) is 5.61. The van der Waals surface area contributed by atoms with Gasteiger partial charge in [-0.05, 0) is 24.1 Å². The van der Waals surface area contributed by atoms with Gasteiger partial charge in [0.15, 0.2) is 11.5 Å². The van der Waals surface area contributed by atoms with Gasteiger partial charge in [-0.1, -0.05) is 18.2 Å². The van der Waals surface area contributed by atoms with Gasteiger partial charge in [0.2, 0.25) is 5.91 Å². The minimum atomic E-state index is -0.0484. The summed E-state index contributed by atoms with van der Waals surface area (Å²) in [4.78, 5) is 12.2. The van der Waals surface area contributed by atoms with Crippen LogP contribution in [0.25, 0.3) is 0 Å². The van der Waals surface area contributed by atoms with Gasteiger partial charge < -0.3 is 24.3 Å². The first-order valence-corrected chi connectivity index (χ1v) is 8.30. The Morgan fingerprint density at radius 1 is 0.808 bits per heavy atom. The Bertz CT molecular complexity index is 745. The Labute approximate surface area is 154 Å². The number of methoxy groups -OCH3 is 4. The van der Waals surface area contributed by atoms with E-state index in [0.717, 1.165) is 16.9 Å². The maximum Gasteiger partial charge on any atom is 0.220 e. The van der Waals surface area contributed by atoms with Gasteiger partial charge in [-0.15, -0.1) is 0 Å². The molecule has 6 heteroatoms. The zero-order valence-electron chi connectivity index (χ0n) is 15.6. The lowest BCUT2D eigenvalue weighted by atomic mass is 10.1. The largest absolute Gasteiger partial charge is 0.496 e. The fourth-order valence-electron chi connectivity index (χ4n) is 2.67. The van der Waals surface area contributed by atoms with Crippen molar-refractivity contribution in [3.63, 3.8) is 0 Å². The van der Waals surface area contributed by atoms with E-state index in [0.29, 0.717) is 36.6 Å². The van der Waals surface area contributed by atoms with Crippen molar-refractivity contribution in [2.24, 2.45) is 0 Å². The number of aryl methyl sites for hydroxylation is 1. The van der Waals surface area contributed by atoms with Gasteiger partial charge in [0.05, 0.1) is 28.4 Å². The van der Waals surface area contributed by atoms with E-state index < -0.39 is 0 Å². The maximum absolute atomic E-state index is 12.2. The third-order valence-corrected chi connectivity index (χ3v) is 4.08. The average molecular weight is 359 g/mol. The zero-order valence-corrected chi connectivity index (χ0v) is 15.6. The van der Waals surface area contributed by atoms with E-state index in [1.54, 1.807) is 40.6 Å². The van der Waals surface area contributed by atoms with Crippen LogP contribution in [0.4, 0.5) is 0 Å². The Balaban J connectivity index is 1.98. The van der Waals surface area contributed by atoms with Crippen LogP contribution in [-0.4, -0.2) is 34.3 Å². The summed E-state index contributed by atoms with van der Waals surface area (Å²) in [6.07, 6.45) is 0.981. The lowest BCUT2D eigenvalue weighted by Gasteiger charge is -2.14. The summed E-state index contributed by atoms with van der Waals surface area (Å²) in [5.74, 6) is 2.55. The molecule has 0 unspecified atom stereocenters. The molecule has 140 valence electrons. The van der Waals surface area contributed by atoms with Gasteiger partial charge in [0.1, 0.15) is 11.5 Å². The van der Waals surface area contributed by atoms with Gasteiger partial charge in [-0.25, -0.2) is 0 Å². The first-order valence-electron chi connectivity index (χ1n) is 8.30. The van der Waals surface area contributed by atoms with Crippen LogP contribution in [0.5, 0.6) is 23.0 Å². The van der Waals surface area contributed by atoms with Crippen LogP contribution in [0.2, 0.25) is 0 Å². The molecule has 2 aromatic carbocycles. The summed E-state index contributed by atoms with van der Waals surface area (Å²) in [5, 5.41) is 2.91. The molecular formula is C20H25NO5. The number of hydrogen-bond acceptors (Lipinski definition) is 5. The van der Waals surface area contributed by atoms with Crippen molar-refractivity contribution in [2.75, 3.05) is 28.4 Å². The standard InChI is InChI=1S/C20H25NO5/c1-23-16-8-6-5-7-14(16)9-10-20(22)21-13-15-11-18(25-3)19(26-4)12-17(15)24-2/h5-8,11-12H,9-10,13H2,1-4H3,(H,21,22). The molecule has 2 aromatic rings. The minimum Gasteiger partial charge on any atom is -0.496 e. The highest BCUT2D eigenvalue weighted by Crippen LogP contribution is 2.34. The molecular weight excluding hydrogens is 334 g/mol. The van der Waals surface area contributed by atoms with E-state index >= 15 is 0 Å². The molecule has 0 saturated heterocycles. The highest BCUT2D eigenvalue weighted by molar-refractivity contribution is 5.76. The van der Waals surface area contributed by atoms with Crippen molar-refractivity contribution in [3.8, 4) is 23.0 Å². The van der Waals surface area contributed by atoms with E-state index in [-0.39, 0.29) is 5.91 Å². The molecule has 0 aromatic heterocycles. The van der Waals surface area contributed by atoms with E-state index in [4.69, 9.17) is 18.9 Å². The Morgan fingerprint density at radius 3 is 2.08 bits per heavy atom. The Kier molecular flexibility index (Phi) is 7.14. The lowest BCUT2D eigenvalue weighted by molar-refractivity contribution is -0.121. The third kappa shape index (κ3) is 4.81. The summed E-state index contributed by atoms with van der Waals surface area (Å²) in [6, 6.07) is 11.2. The van der Waals surface area contributed by atoms with E-state index in [1.807, 2.05) is 24.3 Å². The second-order valence-electron chi connectivity index (χ2n) is 5.61. The van der Waals surface area contributed by atoms with Crippen molar-refractivity contribution in [1.82, 2.24) is 5.32 Å². The molecule has 0 aliphatic carbocycles. The monoisotopic (exact) mass is 359 g/mol. The Hall–Kier alpha value is -2.89. The molecule has 1 amide bonds. The van der Waals surface area contributed by atoms with Crippen molar-refractivity contribution in [2.45, 2.75) is 19.4 Å². The fourth-order valence-corrected chi connectivity index (χ4v) is 2.67. The molecule has 0 aliphatic heterocycles. The van der Waals surface area contributed by atoms with Crippen LogP contribution in [0.15, 0.2) is 36.4 Å². The van der Waals surface area contributed by atoms with Gasteiger partial charge in [-0.3, -0.25) is 4.79 Å². The Morgan fingerprint density at radius 2 is 1.42 bits per heavy atom. The van der Waals surface area contributed by atoms with Gasteiger partial charge >= 0.3 is 0 Å². The molecule has 0 heterocycles. The first-order chi connectivity index (χ1) is 12.6. The van der Waals surface area contributed by atoms with Crippen molar-refractivity contribution in [3.05, 3.63) is 47.5 Å². The predicted molar refractivity (Wildman–Crippen MR) is 99.3 cm³/mol. The summed E-state index contributed by atoms with van der Waals surface area (Å²) < 4.78 is 21.3. The number of carbonyl (C=O) groups is 1. The van der Waals surface area contributed by atoms with Gasteiger partial charge in [-0.2, -0.15) is 0 Å². The van der Waals surface area contributed by atoms with Crippen LogP contribution in [0.1, 0.15) is 17.5 Å². The quantitative estimate of drug-likeness (QED) is 0.746. The number of rotatable bonds is 9. The van der Waals surface area contributed by atoms with Crippen LogP contribution in [0, 0.1) is 0 Å². The van der Waals surface area contributed by atoms with Crippen LogP contribution >= 0.6 is 0 Å². The van der Waals surface area contributed by atoms with Crippen LogP contribution in [0.3, 0.4) is 0 Å². The van der Waals surface area contributed by atoms with E-state index in [9.17, 15) is 4.79 Å². The number of hydrogen-bond donors (Lipinski definition) is 1. The molecule has 1 N–H and O–H groups in total. The maximum atomic E-state index is 12.2. The molecule has 0 fully saturated rings. The molecule has 0 saturated carbocycles. The van der Waals surface area contributed by atoms with Crippen molar-refractivity contribution < 1.29 is 23.7 Å². The molecule has 0 aliphatic rings. The number of benzene rings is 2. The normalized spacial score (nSPS) is 10.2. The first kappa shape index (κ1) is 19.4. The number of para-hydroxylation sites is 1. The molecule has 0 atom stereocenters. The smallest absolute Gasteiger partial charge is 0.220 e. The average Bonchev–Trinajstić information content (AvgIpc) is 2.69. The number of carbonyl (C=O) groups excluding carboxylic acids is 1. The van der Waals surface area contributed by atoms with Crippen molar-refractivity contribution >= 4 is 5.91 Å². The topological polar surface area (TPSA) is 66.0 Å². The molecule has 2 rings (SSSR count). The predicted octanol–water partition coefficient (Wildman–Crippen LogP) is 2.97. The van der Waals surface area contributed by atoms with Gasteiger partial charge in [0.25, 0.3) is 0 Å². The highest BCUT2D eigenvalue weighted by atomic mass is 16.5. The summed E-state index contributed by atoms with van der Waals surface area (Å²) in [7, 11) is 6.34. The number of ether oxygens (including phenoxy) is 4. The van der Waals surface area contributed by atoms with E-state index in [1.165, 1.54) is 0 Å². The summed E-state index contributed by atoms with van der Waals surface area (Å²) in [5.41, 5.74) is 1.82. The SMILES string of the molecule is COc1ccccc1CCC(=O)NCc1cc(OC)c(OC)cc1OC. The number of amides is 1. The fraction of sp³-hybridized carbons (Fsp3) is 0.350. The zero-order chi connectivity index (χ0) is 18.9. The van der Waals surface area contributed by atoms with Gasteiger partial charge in [0, 0.05) is 24.6 Å². The molecule has 0 bridgehead atoms. The summed E-state index contributed by atoms with van der Waals surface area (Å²) >= 11 is 0. The number of nitrogens with one attached hydrogen (secondary N) is 1. The molecule has 26 heavy (non-hydrogen) atoms. The minimum absolute atomic E-state index is 0.0484. The van der Waals surface area contributed by atoms with E-state index in [2.05, 4.69) is 5.32 Å². The highest BCUT2D eigenvalue weighted by Gasteiger charge is 2.13.